The predicted octanol–water partition coefficient (Wildman–Crippen LogP) is 4.90. The minimum atomic E-state index is -0.357. The summed E-state index contributed by atoms with van der Waals surface area (Å²) in [7, 11) is 0. The van der Waals surface area contributed by atoms with Crippen LogP contribution < -0.4 is 15.0 Å². The van der Waals surface area contributed by atoms with Crippen LogP contribution in [0.2, 0.25) is 0 Å². The highest BCUT2D eigenvalue weighted by atomic mass is 16.5. The van der Waals surface area contributed by atoms with Gasteiger partial charge in [-0.2, -0.15) is 0 Å². The lowest BCUT2D eigenvalue weighted by Crippen LogP contribution is -2.50. The van der Waals surface area contributed by atoms with Crippen molar-refractivity contribution in [3.63, 3.8) is 0 Å². The van der Waals surface area contributed by atoms with Crippen LogP contribution in [0.25, 0.3) is 0 Å². The van der Waals surface area contributed by atoms with Gasteiger partial charge in [0.1, 0.15) is 11.8 Å². The molecule has 1 N–H and O–H groups in total. The molecule has 1 heterocycles. The number of hydrogen-bond donors (Lipinski definition) is 1. The second kappa shape index (κ2) is 10.3. The third kappa shape index (κ3) is 4.94. The van der Waals surface area contributed by atoms with Crippen molar-refractivity contribution in [2.24, 2.45) is 0 Å². The van der Waals surface area contributed by atoms with Crippen LogP contribution in [0.1, 0.15) is 24.1 Å². The summed E-state index contributed by atoms with van der Waals surface area (Å²) in [5.41, 5.74) is 4.27. The van der Waals surface area contributed by atoms with Crippen molar-refractivity contribution in [3.05, 3.63) is 90.0 Å². The summed E-state index contributed by atoms with van der Waals surface area (Å²) < 4.78 is 5.71. The van der Waals surface area contributed by atoms with Gasteiger partial charge in [-0.3, -0.25) is 9.69 Å². The van der Waals surface area contributed by atoms with Crippen LogP contribution in [0.5, 0.6) is 5.75 Å². The summed E-state index contributed by atoms with van der Waals surface area (Å²) in [5.74, 6) is 0.659. The maximum absolute atomic E-state index is 13.6. The zero-order valence-corrected chi connectivity index (χ0v) is 18.8. The average molecular weight is 430 g/mol. The van der Waals surface area contributed by atoms with Gasteiger partial charge in [0.15, 0.2) is 0 Å². The number of nitrogens with zero attached hydrogens (tertiary/aromatic N) is 2. The van der Waals surface area contributed by atoms with Crippen LogP contribution in [0.4, 0.5) is 11.4 Å². The monoisotopic (exact) mass is 429 g/mol. The molecule has 1 aliphatic rings. The van der Waals surface area contributed by atoms with E-state index in [1.54, 1.807) is 0 Å². The highest BCUT2D eigenvalue weighted by molar-refractivity contribution is 5.96. The lowest BCUT2D eigenvalue weighted by Gasteiger charge is -2.40. The number of amides is 1. The van der Waals surface area contributed by atoms with E-state index in [0.29, 0.717) is 18.0 Å². The zero-order chi connectivity index (χ0) is 22.3. The Morgan fingerprint density at radius 3 is 2.28 bits per heavy atom. The first-order valence-electron chi connectivity index (χ1n) is 11.3. The lowest BCUT2D eigenvalue weighted by atomic mass is 10.0. The molecule has 1 saturated heterocycles. The maximum atomic E-state index is 13.6. The average Bonchev–Trinajstić information content (AvgIpc) is 2.82. The van der Waals surface area contributed by atoms with Gasteiger partial charge in [0.05, 0.1) is 12.3 Å². The first kappa shape index (κ1) is 21.9. The minimum Gasteiger partial charge on any atom is -0.492 e. The molecule has 5 heteroatoms. The number of carbonyl (C=O) groups excluding carboxylic acids is 1. The number of nitrogens with one attached hydrogen (secondary N) is 1. The molecular formula is C27H31N3O2. The van der Waals surface area contributed by atoms with Crippen molar-refractivity contribution in [3.8, 4) is 5.75 Å². The van der Waals surface area contributed by atoms with E-state index in [1.807, 2.05) is 61.5 Å². The quantitative estimate of drug-likeness (QED) is 0.581. The molecule has 3 aromatic rings. The number of aryl methyl sites for hydroxylation is 1. The Kier molecular flexibility index (Phi) is 7.07. The molecule has 0 spiro atoms. The number of hydrogen-bond acceptors (Lipinski definition) is 4. The Morgan fingerprint density at radius 2 is 1.56 bits per heavy atom. The molecule has 1 amide bonds. The summed E-state index contributed by atoms with van der Waals surface area (Å²) in [5, 5.41) is 3.12. The van der Waals surface area contributed by atoms with Crippen LogP contribution in [0.3, 0.4) is 0 Å². The van der Waals surface area contributed by atoms with Crippen molar-refractivity contribution in [1.29, 1.82) is 0 Å². The van der Waals surface area contributed by atoms with Gasteiger partial charge in [-0.25, -0.2) is 0 Å². The van der Waals surface area contributed by atoms with E-state index in [-0.39, 0.29) is 11.9 Å². The highest BCUT2D eigenvalue weighted by Gasteiger charge is 2.31. The Bertz CT molecular complexity index is 1030. The highest BCUT2D eigenvalue weighted by Crippen LogP contribution is 2.29. The molecule has 0 aliphatic carbocycles. The van der Waals surface area contributed by atoms with Gasteiger partial charge in [-0.15, -0.1) is 0 Å². The summed E-state index contributed by atoms with van der Waals surface area (Å²) in [4.78, 5) is 18.2. The number of benzene rings is 3. The van der Waals surface area contributed by atoms with Gasteiger partial charge in [0.25, 0.3) is 0 Å². The minimum absolute atomic E-state index is 0.0345. The molecule has 166 valence electrons. The van der Waals surface area contributed by atoms with E-state index in [9.17, 15) is 4.79 Å². The second-order valence-electron chi connectivity index (χ2n) is 8.04. The summed E-state index contributed by atoms with van der Waals surface area (Å²) in [6.45, 7) is 8.05. The molecule has 0 radical (unpaired) electrons. The molecule has 0 aromatic heterocycles. The SMILES string of the molecule is CCOc1ccccc1NC(=O)C(c1ccccc1)N1CCN(c2ccccc2C)CC1. The molecule has 1 fully saturated rings. The van der Waals surface area contributed by atoms with Gasteiger partial charge in [-0.1, -0.05) is 60.7 Å². The van der Waals surface area contributed by atoms with Gasteiger partial charge in [0.2, 0.25) is 5.91 Å². The van der Waals surface area contributed by atoms with Gasteiger partial charge in [0, 0.05) is 31.9 Å². The van der Waals surface area contributed by atoms with Gasteiger partial charge >= 0.3 is 0 Å². The fourth-order valence-corrected chi connectivity index (χ4v) is 4.35. The number of ether oxygens (including phenoxy) is 1. The summed E-state index contributed by atoms with van der Waals surface area (Å²) in [6, 6.07) is 25.8. The Labute approximate surface area is 190 Å². The van der Waals surface area contributed by atoms with Crippen LogP contribution in [-0.2, 0) is 4.79 Å². The van der Waals surface area contributed by atoms with E-state index in [4.69, 9.17) is 4.74 Å². The number of para-hydroxylation sites is 3. The normalized spacial score (nSPS) is 15.2. The van der Waals surface area contributed by atoms with E-state index in [2.05, 4.69) is 46.3 Å². The largest absolute Gasteiger partial charge is 0.492 e. The van der Waals surface area contributed by atoms with Crippen LogP contribution in [0, 0.1) is 6.92 Å². The van der Waals surface area contributed by atoms with Crippen LogP contribution in [-0.4, -0.2) is 43.6 Å². The number of piperazine rings is 1. The van der Waals surface area contributed by atoms with Crippen molar-refractivity contribution in [2.45, 2.75) is 19.9 Å². The second-order valence-corrected chi connectivity index (χ2v) is 8.04. The smallest absolute Gasteiger partial charge is 0.246 e. The maximum Gasteiger partial charge on any atom is 0.246 e. The molecule has 1 aliphatic heterocycles. The Hall–Kier alpha value is -3.31. The molecule has 1 atom stereocenters. The Balaban J connectivity index is 1.53. The standard InChI is InChI=1S/C27H31N3O2/c1-3-32-25-16-10-8-14-23(25)28-27(31)26(22-12-5-4-6-13-22)30-19-17-29(18-20-30)24-15-9-7-11-21(24)2/h4-16,26H,3,17-20H2,1-2H3,(H,28,31). The van der Waals surface area contributed by atoms with Crippen molar-refractivity contribution >= 4 is 17.3 Å². The van der Waals surface area contributed by atoms with Gasteiger partial charge in [-0.05, 0) is 43.2 Å². The van der Waals surface area contributed by atoms with E-state index < -0.39 is 0 Å². The van der Waals surface area contributed by atoms with Crippen LogP contribution >= 0.6 is 0 Å². The Morgan fingerprint density at radius 1 is 0.906 bits per heavy atom. The first-order chi connectivity index (χ1) is 15.7. The van der Waals surface area contributed by atoms with Crippen LogP contribution in [0.15, 0.2) is 78.9 Å². The molecule has 1 unspecified atom stereocenters. The number of carbonyl (C=O) groups is 1. The molecule has 5 nitrogen and oxygen atoms in total. The number of rotatable bonds is 7. The summed E-state index contributed by atoms with van der Waals surface area (Å²) in [6.07, 6.45) is 0. The summed E-state index contributed by atoms with van der Waals surface area (Å²) >= 11 is 0. The predicted molar refractivity (Wildman–Crippen MR) is 130 cm³/mol. The molecule has 0 bridgehead atoms. The first-order valence-corrected chi connectivity index (χ1v) is 11.3. The van der Waals surface area contributed by atoms with E-state index in [0.717, 1.165) is 31.7 Å². The molecule has 3 aromatic carbocycles. The third-order valence-electron chi connectivity index (χ3n) is 5.94. The fraction of sp³-hybridized carbons (Fsp3) is 0.296. The molecular weight excluding hydrogens is 398 g/mol. The fourth-order valence-electron chi connectivity index (χ4n) is 4.35. The zero-order valence-electron chi connectivity index (χ0n) is 18.8. The van der Waals surface area contributed by atoms with Crippen molar-refractivity contribution < 1.29 is 9.53 Å². The van der Waals surface area contributed by atoms with Crippen molar-refractivity contribution in [1.82, 2.24) is 4.90 Å². The molecule has 4 rings (SSSR count). The molecule has 0 saturated carbocycles. The number of anilines is 2. The molecule has 32 heavy (non-hydrogen) atoms. The van der Waals surface area contributed by atoms with E-state index in [1.165, 1.54) is 11.3 Å². The van der Waals surface area contributed by atoms with Gasteiger partial charge < -0.3 is 15.0 Å². The van der Waals surface area contributed by atoms with E-state index >= 15 is 0 Å². The topological polar surface area (TPSA) is 44.8 Å². The lowest BCUT2D eigenvalue weighted by molar-refractivity contribution is -0.121. The van der Waals surface area contributed by atoms with Crippen molar-refractivity contribution in [2.75, 3.05) is 43.0 Å². The third-order valence-corrected chi connectivity index (χ3v) is 5.94.